The summed E-state index contributed by atoms with van der Waals surface area (Å²) in [4.78, 5) is 0. The summed E-state index contributed by atoms with van der Waals surface area (Å²) in [5.41, 5.74) is -0.226. The molecule has 2 nitrogen and oxygen atoms in total. The number of piperidine rings is 1. The van der Waals surface area contributed by atoms with Crippen LogP contribution in [0.3, 0.4) is 0 Å². The number of para-hydroxylation sites is 1. The minimum Gasteiger partial charge on any atom is -0.507 e. The largest absolute Gasteiger partial charge is 0.507 e. The van der Waals surface area contributed by atoms with Crippen LogP contribution in [-0.2, 0) is 5.92 Å². The lowest BCUT2D eigenvalue weighted by Crippen LogP contribution is -2.43. The van der Waals surface area contributed by atoms with Crippen molar-refractivity contribution in [3.8, 4) is 5.75 Å². The van der Waals surface area contributed by atoms with E-state index in [0.29, 0.717) is 12.8 Å². The molecule has 2 bridgehead atoms. The van der Waals surface area contributed by atoms with Crippen molar-refractivity contribution in [2.45, 2.75) is 43.7 Å². The van der Waals surface area contributed by atoms with Crippen molar-refractivity contribution in [1.82, 2.24) is 5.32 Å². The molecule has 0 saturated carbocycles. The Morgan fingerprint density at radius 3 is 2.33 bits per heavy atom. The van der Waals surface area contributed by atoms with E-state index in [-0.39, 0.29) is 23.4 Å². The first-order valence-corrected chi connectivity index (χ1v) is 6.49. The molecule has 2 N–H and O–H groups in total. The van der Waals surface area contributed by atoms with Gasteiger partial charge in [-0.25, -0.2) is 8.78 Å². The van der Waals surface area contributed by atoms with E-state index in [0.717, 1.165) is 12.8 Å². The standard InChI is InChI=1S/C14H17F2NO/c15-14(16,12-3-1-2-4-13(12)18)9-7-10-5-6-11(8-9)17-10/h1-4,9-11,17-18H,5-8H2. The molecule has 1 aromatic carbocycles. The van der Waals surface area contributed by atoms with Crippen LogP contribution in [0.25, 0.3) is 0 Å². The fourth-order valence-electron chi connectivity index (χ4n) is 3.33. The Balaban J connectivity index is 1.88. The van der Waals surface area contributed by atoms with Crippen LogP contribution in [0, 0.1) is 5.92 Å². The third kappa shape index (κ3) is 1.88. The number of alkyl halides is 2. The Kier molecular flexibility index (Phi) is 2.77. The van der Waals surface area contributed by atoms with Crippen molar-refractivity contribution in [3.63, 3.8) is 0 Å². The van der Waals surface area contributed by atoms with Crippen molar-refractivity contribution in [2.24, 2.45) is 5.92 Å². The van der Waals surface area contributed by atoms with Crippen LogP contribution in [0.2, 0.25) is 0 Å². The molecule has 1 aromatic rings. The number of benzene rings is 1. The summed E-state index contributed by atoms with van der Waals surface area (Å²) in [5, 5.41) is 13.0. The van der Waals surface area contributed by atoms with Crippen molar-refractivity contribution in [2.75, 3.05) is 0 Å². The van der Waals surface area contributed by atoms with Crippen LogP contribution in [-0.4, -0.2) is 17.2 Å². The van der Waals surface area contributed by atoms with Gasteiger partial charge in [0.05, 0.1) is 5.56 Å². The maximum Gasteiger partial charge on any atom is 0.279 e. The van der Waals surface area contributed by atoms with Crippen molar-refractivity contribution in [1.29, 1.82) is 0 Å². The third-order valence-corrected chi connectivity index (χ3v) is 4.25. The molecular formula is C14H17F2NO. The maximum atomic E-state index is 14.5. The van der Waals surface area contributed by atoms with Crippen molar-refractivity contribution in [3.05, 3.63) is 29.8 Å². The lowest BCUT2D eigenvalue weighted by molar-refractivity contribution is -0.0828. The number of fused-ring (bicyclic) bond motifs is 2. The molecule has 2 aliphatic heterocycles. The minimum atomic E-state index is -2.94. The quantitative estimate of drug-likeness (QED) is 0.849. The van der Waals surface area contributed by atoms with E-state index in [1.54, 1.807) is 12.1 Å². The van der Waals surface area contributed by atoms with Crippen molar-refractivity contribution < 1.29 is 13.9 Å². The Morgan fingerprint density at radius 2 is 1.72 bits per heavy atom. The Morgan fingerprint density at radius 1 is 1.11 bits per heavy atom. The first-order valence-electron chi connectivity index (χ1n) is 6.49. The Hall–Kier alpha value is -1.16. The lowest BCUT2D eigenvalue weighted by Gasteiger charge is -2.34. The average molecular weight is 253 g/mol. The van der Waals surface area contributed by atoms with Crippen LogP contribution < -0.4 is 5.32 Å². The van der Waals surface area contributed by atoms with Gasteiger partial charge in [0.15, 0.2) is 0 Å². The normalized spacial score (nSPS) is 31.6. The van der Waals surface area contributed by atoms with E-state index in [1.165, 1.54) is 12.1 Å². The molecule has 0 aliphatic carbocycles. The van der Waals surface area contributed by atoms with Gasteiger partial charge in [-0.3, -0.25) is 0 Å². The van der Waals surface area contributed by atoms with Gasteiger partial charge in [0.2, 0.25) is 0 Å². The summed E-state index contributed by atoms with van der Waals surface area (Å²) >= 11 is 0. The van der Waals surface area contributed by atoms with Crippen LogP contribution in [0.4, 0.5) is 8.78 Å². The molecule has 2 atom stereocenters. The van der Waals surface area contributed by atoms with Crippen LogP contribution in [0.5, 0.6) is 5.75 Å². The summed E-state index contributed by atoms with van der Waals surface area (Å²) in [5.74, 6) is -3.90. The van der Waals surface area contributed by atoms with E-state index < -0.39 is 11.8 Å². The maximum absolute atomic E-state index is 14.5. The van der Waals surface area contributed by atoms with Crippen LogP contribution in [0.1, 0.15) is 31.2 Å². The highest BCUT2D eigenvalue weighted by atomic mass is 19.3. The molecule has 0 radical (unpaired) electrons. The summed E-state index contributed by atoms with van der Waals surface area (Å²) in [6.07, 6.45) is 2.99. The monoisotopic (exact) mass is 253 g/mol. The molecule has 0 amide bonds. The number of phenols is 1. The highest BCUT2D eigenvalue weighted by Gasteiger charge is 2.48. The highest BCUT2D eigenvalue weighted by Crippen LogP contribution is 2.47. The number of nitrogens with one attached hydrogen (secondary N) is 1. The zero-order valence-electron chi connectivity index (χ0n) is 10.1. The number of halogens is 2. The second kappa shape index (κ2) is 4.19. The zero-order valence-corrected chi connectivity index (χ0v) is 10.1. The molecule has 2 unspecified atom stereocenters. The van der Waals surface area contributed by atoms with E-state index in [9.17, 15) is 13.9 Å². The zero-order chi connectivity index (χ0) is 12.8. The Labute approximate surface area is 105 Å². The number of phenolic OH excluding ortho intramolecular Hbond substituents is 1. The number of hydrogen-bond acceptors (Lipinski definition) is 2. The molecule has 2 heterocycles. The van der Waals surface area contributed by atoms with Gasteiger partial charge < -0.3 is 10.4 Å². The van der Waals surface area contributed by atoms with Gasteiger partial charge in [0.1, 0.15) is 5.75 Å². The van der Waals surface area contributed by atoms with Crippen LogP contribution in [0.15, 0.2) is 24.3 Å². The average Bonchev–Trinajstić information content (AvgIpc) is 2.68. The molecule has 0 aromatic heterocycles. The van der Waals surface area contributed by atoms with E-state index in [4.69, 9.17) is 0 Å². The van der Waals surface area contributed by atoms with Gasteiger partial charge in [-0.2, -0.15) is 0 Å². The van der Waals surface area contributed by atoms with E-state index >= 15 is 0 Å². The summed E-state index contributed by atoms with van der Waals surface area (Å²) in [6, 6.07) is 6.24. The molecule has 3 rings (SSSR count). The van der Waals surface area contributed by atoms with Gasteiger partial charge >= 0.3 is 0 Å². The molecular weight excluding hydrogens is 236 g/mol. The minimum absolute atomic E-state index is 0.226. The second-order valence-electron chi connectivity index (χ2n) is 5.45. The van der Waals surface area contributed by atoms with Gasteiger partial charge in [-0.05, 0) is 37.8 Å². The smallest absolute Gasteiger partial charge is 0.279 e. The number of hydrogen-bond donors (Lipinski definition) is 2. The van der Waals surface area contributed by atoms with Gasteiger partial charge in [0, 0.05) is 18.0 Å². The predicted octanol–water partition coefficient (Wildman–Crippen LogP) is 3.01. The van der Waals surface area contributed by atoms with Crippen LogP contribution >= 0.6 is 0 Å². The highest BCUT2D eigenvalue weighted by molar-refractivity contribution is 5.36. The predicted molar refractivity (Wildman–Crippen MR) is 64.7 cm³/mol. The summed E-state index contributed by atoms with van der Waals surface area (Å²) in [6.45, 7) is 0. The SMILES string of the molecule is Oc1ccccc1C(F)(F)C1CC2CCC(C1)N2. The lowest BCUT2D eigenvalue weighted by atomic mass is 9.83. The number of aromatic hydroxyl groups is 1. The molecule has 2 saturated heterocycles. The first-order chi connectivity index (χ1) is 8.57. The van der Waals surface area contributed by atoms with Gasteiger partial charge in [0.25, 0.3) is 5.92 Å². The van der Waals surface area contributed by atoms with E-state index in [2.05, 4.69) is 5.32 Å². The van der Waals surface area contributed by atoms with Crippen molar-refractivity contribution >= 4 is 0 Å². The Bertz CT molecular complexity index is 437. The second-order valence-corrected chi connectivity index (χ2v) is 5.45. The van der Waals surface area contributed by atoms with Gasteiger partial charge in [-0.15, -0.1) is 0 Å². The summed E-state index contributed by atoms with van der Waals surface area (Å²) < 4.78 is 29.0. The third-order valence-electron chi connectivity index (χ3n) is 4.25. The molecule has 4 heteroatoms. The van der Waals surface area contributed by atoms with E-state index in [1.807, 2.05) is 0 Å². The topological polar surface area (TPSA) is 32.3 Å². The number of rotatable bonds is 2. The molecule has 2 aliphatic rings. The first kappa shape index (κ1) is 11.9. The molecule has 2 fully saturated rings. The van der Waals surface area contributed by atoms with Gasteiger partial charge in [-0.1, -0.05) is 12.1 Å². The fraction of sp³-hybridized carbons (Fsp3) is 0.571. The molecule has 18 heavy (non-hydrogen) atoms. The fourth-order valence-corrected chi connectivity index (χ4v) is 3.33. The molecule has 0 spiro atoms. The summed E-state index contributed by atoms with van der Waals surface area (Å²) in [7, 11) is 0. The molecule has 98 valence electrons.